The molecule has 1 aromatic carbocycles. The Kier molecular flexibility index (Phi) is 2.91. The van der Waals surface area contributed by atoms with E-state index < -0.39 is 5.69 Å². The summed E-state index contributed by atoms with van der Waals surface area (Å²) in [7, 11) is 0. The van der Waals surface area contributed by atoms with E-state index >= 15 is 0 Å². The van der Waals surface area contributed by atoms with E-state index in [1.807, 2.05) is 6.07 Å². The average molecular weight is 214 g/mol. The monoisotopic (exact) mass is 214 g/mol. The van der Waals surface area contributed by atoms with Gasteiger partial charge >= 0.3 is 5.69 Å². The van der Waals surface area contributed by atoms with Gasteiger partial charge in [-0.2, -0.15) is 0 Å². The molecule has 0 N–H and O–H groups in total. The van der Waals surface area contributed by atoms with E-state index in [9.17, 15) is 9.59 Å². The van der Waals surface area contributed by atoms with Crippen molar-refractivity contribution in [2.24, 2.45) is 0 Å². The maximum Gasteiger partial charge on any atom is 0.347 e. The molecule has 0 aliphatic rings. The number of carbonyl (C=O) groups excluding carboxylic acids is 1. The van der Waals surface area contributed by atoms with Gasteiger partial charge in [-0.3, -0.25) is 9.36 Å². The first-order chi connectivity index (χ1) is 7.77. The summed E-state index contributed by atoms with van der Waals surface area (Å²) in [6.07, 6.45) is 2.96. The number of hydrogen-bond donors (Lipinski definition) is 0. The van der Waals surface area contributed by atoms with Crippen molar-refractivity contribution in [2.75, 3.05) is 0 Å². The van der Waals surface area contributed by atoms with Crippen LogP contribution in [0.15, 0.2) is 53.6 Å². The van der Waals surface area contributed by atoms with Gasteiger partial charge < -0.3 is 0 Å². The number of carbonyl (C=O) groups is 1. The smallest absolute Gasteiger partial charge is 0.292 e. The maximum atomic E-state index is 11.8. The molecule has 0 atom stereocenters. The summed E-state index contributed by atoms with van der Waals surface area (Å²) < 4.78 is 1.29. The molecule has 16 heavy (non-hydrogen) atoms. The van der Waals surface area contributed by atoms with E-state index in [0.717, 1.165) is 0 Å². The molecule has 0 radical (unpaired) electrons. The van der Waals surface area contributed by atoms with Crippen molar-refractivity contribution in [3.63, 3.8) is 0 Å². The van der Waals surface area contributed by atoms with Crippen LogP contribution in [0.4, 0.5) is 0 Å². The van der Waals surface area contributed by atoms with Crippen molar-refractivity contribution in [2.45, 2.75) is 6.54 Å². The van der Waals surface area contributed by atoms with Gasteiger partial charge in [0.2, 0.25) is 0 Å². The molecular weight excluding hydrogens is 204 g/mol. The second kappa shape index (κ2) is 4.53. The van der Waals surface area contributed by atoms with Crippen LogP contribution in [0.2, 0.25) is 0 Å². The van der Waals surface area contributed by atoms with E-state index in [-0.39, 0.29) is 12.3 Å². The zero-order valence-corrected chi connectivity index (χ0v) is 8.54. The van der Waals surface area contributed by atoms with Gasteiger partial charge in [-0.25, -0.2) is 9.78 Å². The summed E-state index contributed by atoms with van der Waals surface area (Å²) in [5.74, 6) is -0.101. The molecule has 2 aromatic rings. The van der Waals surface area contributed by atoms with Gasteiger partial charge in [-0.15, -0.1) is 0 Å². The highest BCUT2D eigenvalue weighted by molar-refractivity contribution is 5.95. The van der Waals surface area contributed by atoms with E-state index in [2.05, 4.69) is 4.98 Å². The first kappa shape index (κ1) is 10.3. The summed E-state index contributed by atoms with van der Waals surface area (Å²) >= 11 is 0. The van der Waals surface area contributed by atoms with Crippen LogP contribution in [0.3, 0.4) is 0 Å². The van der Waals surface area contributed by atoms with Crippen LogP contribution >= 0.6 is 0 Å². The Hall–Kier alpha value is -2.23. The largest absolute Gasteiger partial charge is 0.347 e. The third kappa shape index (κ3) is 2.23. The van der Waals surface area contributed by atoms with E-state index in [1.165, 1.54) is 10.8 Å². The van der Waals surface area contributed by atoms with Crippen LogP contribution < -0.4 is 5.69 Å². The van der Waals surface area contributed by atoms with Crippen LogP contribution in [0.1, 0.15) is 10.4 Å². The molecule has 0 aliphatic heterocycles. The third-order valence-electron chi connectivity index (χ3n) is 2.19. The number of hydrogen-bond acceptors (Lipinski definition) is 3. The Labute approximate surface area is 92.2 Å². The van der Waals surface area contributed by atoms with Gasteiger partial charge in [-0.1, -0.05) is 30.3 Å². The molecule has 2 rings (SSSR count). The Bertz CT molecular complexity index is 546. The Morgan fingerprint density at radius 2 is 1.94 bits per heavy atom. The van der Waals surface area contributed by atoms with Crippen LogP contribution in [-0.4, -0.2) is 15.3 Å². The molecule has 0 saturated carbocycles. The summed E-state index contributed by atoms with van der Waals surface area (Å²) in [5.41, 5.74) is 0.185. The van der Waals surface area contributed by atoms with Crippen molar-refractivity contribution in [1.82, 2.24) is 9.55 Å². The molecule has 0 spiro atoms. The second-order valence-electron chi connectivity index (χ2n) is 3.32. The van der Waals surface area contributed by atoms with Crippen molar-refractivity contribution in [3.05, 3.63) is 64.8 Å². The highest BCUT2D eigenvalue weighted by Crippen LogP contribution is 2.00. The first-order valence-electron chi connectivity index (χ1n) is 4.87. The van der Waals surface area contributed by atoms with Gasteiger partial charge in [0.1, 0.15) is 0 Å². The quantitative estimate of drug-likeness (QED) is 0.719. The number of nitrogens with zero attached hydrogens (tertiary/aromatic N) is 2. The predicted octanol–water partition coefficient (Wildman–Crippen LogP) is 1.13. The number of benzene rings is 1. The average Bonchev–Trinajstić information content (AvgIpc) is 2.33. The topological polar surface area (TPSA) is 52.0 Å². The SMILES string of the molecule is O=C(Cn1cccnc1=O)c1ccccc1. The molecular formula is C12H10N2O2. The van der Waals surface area contributed by atoms with Crippen LogP contribution in [-0.2, 0) is 6.54 Å². The van der Waals surface area contributed by atoms with Crippen LogP contribution in [0, 0.1) is 0 Å². The van der Waals surface area contributed by atoms with E-state index in [1.54, 1.807) is 36.5 Å². The Morgan fingerprint density at radius 1 is 1.19 bits per heavy atom. The molecule has 0 bridgehead atoms. The molecule has 0 unspecified atom stereocenters. The Balaban J connectivity index is 2.21. The van der Waals surface area contributed by atoms with Crippen molar-refractivity contribution in [1.29, 1.82) is 0 Å². The van der Waals surface area contributed by atoms with E-state index in [4.69, 9.17) is 0 Å². The van der Waals surface area contributed by atoms with E-state index in [0.29, 0.717) is 5.56 Å². The first-order valence-corrected chi connectivity index (χ1v) is 4.87. The minimum Gasteiger partial charge on any atom is -0.292 e. The number of aromatic nitrogens is 2. The fourth-order valence-electron chi connectivity index (χ4n) is 1.38. The molecule has 1 heterocycles. The zero-order chi connectivity index (χ0) is 11.4. The van der Waals surface area contributed by atoms with Gasteiger partial charge in [0.05, 0.1) is 6.54 Å². The highest BCUT2D eigenvalue weighted by atomic mass is 16.2. The highest BCUT2D eigenvalue weighted by Gasteiger charge is 2.06. The van der Waals surface area contributed by atoms with Crippen LogP contribution in [0.5, 0.6) is 0 Å². The molecule has 0 aliphatic carbocycles. The van der Waals surface area contributed by atoms with Gasteiger partial charge in [0, 0.05) is 18.0 Å². The lowest BCUT2D eigenvalue weighted by Gasteiger charge is -2.03. The summed E-state index contributed by atoms with van der Waals surface area (Å²) in [6.45, 7) is 0.0245. The second-order valence-corrected chi connectivity index (χ2v) is 3.32. The molecule has 1 aromatic heterocycles. The standard InChI is InChI=1S/C12H10N2O2/c15-11(10-5-2-1-3-6-10)9-14-8-4-7-13-12(14)16/h1-8H,9H2. The zero-order valence-electron chi connectivity index (χ0n) is 8.54. The minimum absolute atomic E-state index is 0.0245. The van der Waals surface area contributed by atoms with Gasteiger partial charge in [-0.05, 0) is 6.07 Å². The molecule has 4 nitrogen and oxygen atoms in total. The number of Topliss-reactive ketones (excluding diaryl/α,β-unsaturated/α-hetero) is 1. The lowest BCUT2D eigenvalue weighted by atomic mass is 10.1. The summed E-state index contributed by atoms with van der Waals surface area (Å²) in [5, 5.41) is 0. The fraction of sp³-hybridized carbons (Fsp3) is 0.0833. The normalized spacial score (nSPS) is 10.0. The minimum atomic E-state index is -0.410. The third-order valence-corrected chi connectivity index (χ3v) is 2.19. The number of ketones is 1. The summed E-state index contributed by atoms with van der Waals surface area (Å²) in [6, 6.07) is 10.5. The number of rotatable bonds is 3. The van der Waals surface area contributed by atoms with Crippen LogP contribution in [0.25, 0.3) is 0 Å². The Morgan fingerprint density at radius 3 is 2.62 bits per heavy atom. The maximum absolute atomic E-state index is 11.8. The lowest BCUT2D eigenvalue weighted by Crippen LogP contribution is -2.25. The fourth-order valence-corrected chi connectivity index (χ4v) is 1.38. The van der Waals surface area contributed by atoms with Crippen molar-refractivity contribution in [3.8, 4) is 0 Å². The molecule has 0 amide bonds. The summed E-state index contributed by atoms with van der Waals surface area (Å²) in [4.78, 5) is 26.6. The van der Waals surface area contributed by atoms with Crippen molar-refractivity contribution >= 4 is 5.78 Å². The van der Waals surface area contributed by atoms with Gasteiger partial charge in [0.15, 0.2) is 5.78 Å². The molecule has 4 heteroatoms. The molecule has 80 valence electrons. The molecule has 0 fully saturated rings. The molecule has 0 saturated heterocycles. The van der Waals surface area contributed by atoms with Gasteiger partial charge in [0.25, 0.3) is 0 Å². The van der Waals surface area contributed by atoms with Crippen molar-refractivity contribution < 1.29 is 4.79 Å². The lowest BCUT2D eigenvalue weighted by molar-refractivity contribution is 0.0970. The predicted molar refractivity (Wildman–Crippen MR) is 59.3 cm³/mol.